The molecule has 0 bridgehead atoms. The molecule has 1 aromatic rings. The van der Waals surface area contributed by atoms with Crippen molar-refractivity contribution >= 4 is 45.0 Å². The average molecular weight is 353 g/mol. The SMILES string of the molecule is CCC(CC)(CCl)NC(=O)c1ccc(Cl)cc1Br. The second kappa shape index (κ2) is 6.78. The van der Waals surface area contributed by atoms with Crippen LogP contribution in [0.5, 0.6) is 0 Å². The Balaban J connectivity index is 2.94. The molecular formula is C13H16BrCl2NO. The molecule has 0 atom stereocenters. The number of carbonyl (C=O) groups is 1. The molecule has 1 N–H and O–H groups in total. The number of hydrogen-bond acceptors (Lipinski definition) is 1. The van der Waals surface area contributed by atoms with Gasteiger partial charge < -0.3 is 5.32 Å². The average Bonchev–Trinajstić information content (AvgIpc) is 2.36. The Morgan fingerprint density at radius 3 is 2.44 bits per heavy atom. The van der Waals surface area contributed by atoms with E-state index in [-0.39, 0.29) is 11.4 Å². The van der Waals surface area contributed by atoms with Crippen molar-refractivity contribution in [2.75, 3.05) is 5.88 Å². The van der Waals surface area contributed by atoms with Crippen LogP contribution in [0.2, 0.25) is 5.02 Å². The minimum atomic E-state index is -0.349. The van der Waals surface area contributed by atoms with Gasteiger partial charge in [0.1, 0.15) is 0 Å². The van der Waals surface area contributed by atoms with Crippen molar-refractivity contribution in [3.05, 3.63) is 33.3 Å². The van der Waals surface area contributed by atoms with Crippen molar-refractivity contribution in [2.24, 2.45) is 0 Å². The first-order valence-corrected chi connectivity index (χ1v) is 7.52. The van der Waals surface area contributed by atoms with Gasteiger partial charge in [0.15, 0.2) is 0 Å². The molecule has 0 radical (unpaired) electrons. The number of halogens is 3. The third-order valence-electron chi connectivity index (χ3n) is 3.16. The van der Waals surface area contributed by atoms with E-state index in [1.807, 2.05) is 13.8 Å². The molecule has 0 saturated heterocycles. The maximum Gasteiger partial charge on any atom is 0.252 e. The molecular weight excluding hydrogens is 337 g/mol. The largest absolute Gasteiger partial charge is 0.345 e. The second-order valence-electron chi connectivity index (χ2n) is 4.20. The number of benzene rings is 1. The van der Waals surface area contributed by atoms with Crippen LogP contribution >= 0.6 is 39.1 Å². The first-order valence-electron chi connectivity index (χ1n) is 5.81. The lowest BCUT2D eigenvalue weighted by molar-refractivity contribution is 0.0901. The summed E-state index contributed by atoms with van der Waals surface area (Å²) in [5.74, 6) is 0.264. The molecule has 18 heavy (non-hydrogen) atoms. The quantitative estimate of drug-likeness (QED) is 0.769. The molecule has 0 aliphatic rings. The number of nitrogens with one attached hydrogen (secondary N) is 1. The minimum absolute atomic E-state index is 0.136. The smallest absolute Gasteiger partial charge is 0.252 e. The van der Waals surface area contributed by atoms with Gasteiger partial charge in [-0.05, 0) is 47.0 Å². The summed E-state index contributed by atoms with van der Waals surface area (Å²) in [4.78, 5) is 12.2. The Labute approximate surface area is 126 Å². The number of carbonyl (C=O) groups excluding carboxylic acids is 1. The van der Waals surface area contributed by atoms with Gasteiger partial charge in [0.25, 0.3) is 5.91 Å². The molecule has 0 spiro atoms. The van der Waals surface area contributed by atoms with Crippen LogP contribution in [0, 0.1) is 0 Å². The van der Waals surface area contributed by atoms with E-state index in [1.54, 1.807) is 18.2 Å². The first kappa shape index (κ1) is 15.8. The van der Waals surface area contributed by atoms with Crippen LogP contribution in [-0.2, 0) is 0 Å². The Bertz CT molecular complexity index is 425. The van der Waals surface area contributed by atoms with Gasteiger partial charge in [-0.3, -0.25) is 4.79 Å². The number of rotatable bonds is 5. The third-order valence-corrected chi connectivity index (χ3v) is 4.57. The molecule has 0 aromatic heterocycles. The predicted octanol–water partition coefficient (Wildman–Crippen LogP) is 4.63. The summed E-state index contributed by atoms with van der Waals surface area (Å²) in [7, 11) is 0. The monoisotopic (exact) mass is 351 g/mol. The predicted molar refractivity (Wildman–Crippen MR) is 80.7 cm³/mol. The van der Waals surface area contributed by atoms with E-state index >= 15 is 0 Å². The summed E-state index contributed by atoms with van der Waals surface area (Å²) in [6.07, 6.45) is 1.59. The highest BCUT2D eigenvalue weighted by molar-refractivity contribution is 9.10. The maximum absolute atomic E-state index is 12.2. The topological polar surface area (TPSA) is 29.1 Å². The zero-order valence-electron chi connectivity index (χ0n) is 10.4. The van der Waals surface area contributed by atoms with Crippen molar-refractivity contribution in [3.63, 3.8) is 0 Å². The summed E-state index contributed by atoms with van der Waals surface area (Å²) in [5, 5.41) is 3.60. The van der Waals surface area contributed by atoms with E-state index < -0.39 is 0 Å². The fraction of sp³-hybridized carbons (Fsp3) is 0.462. The van der Waals surface area contributed by atoms with E-state index in [0.29, 0.717) is 20.9 Å². The van der Waals surface area contributed by atoms with Gasteiger partial charge in [0.2, 0.25) is 0 Å². The van der Waals surface area contributed by atoms with Crippen LogP contribution in [-0.4, -0.2) is 17.3 Å². The molecule has 100 valence electrons. The Kier molecular flexibility index (Phi) is 5.96. The number of amides is 1. The van der Waals surface area contributed by atoms with Gasteiger partial charge in [-0.2, -0.15) is 0 Å². The van der Waals surface area contributed by atoms with Gasteiger partial charge in [0, 0.05) is 15.4 Å². The molecule has 1 rings (SSSR count). The van der Waals surface area contributed by atoms with Crippen LogP contribution < -0.4 is 5.32 Å². The Hall–Kier alpha value is -0.250. The van der Waals surface area contributed by atoms with Crippen molar-refractivity contribution in [3.8, 4) is 0 Å². The number of alkyl halides is 1. The molecule has 1 aromatic carbocycles. The highest BCUT2D eigenvalue weighted by atomic mass is 79.9. The summed E-state index contributed by atoms with van der Waals surface area (Å²) >= 11 is 15.2. The number of hydrogen-bond donors (Lipinski definition) is 1. The van der Waals surface area contributed by atoms with Crippen LogP contribution in [0.4, 0.5) is 0 Å². The van der Waals surface area contributed by atoms with Crippen LogP contribution in [0.1, 0.15) is 37.0 Å². The lowest BCUT2D eigenvalue weighted by atomic mass is 9.94. The third kappa shape index (κ3) is 3.62. The molecule has 0 unspecified atom stereocenters. The van der Waals surface area contributed by atoms with Crippen molar-refractivity contribution < 1.29 is 4.79 Å². The molecule has 1 amide bonds. The Morgan fingerprint density at radius 1 is 1.39 bits per heavy atom. The molecule has 0 saturated carbocycles. The minimum Gasteiger partial charge on any atom is -0.345 e. The summed E-state index contributed by atoms with van der Waals surface area (Å²) < 4.78 is 0.683. The fourth-order valence-electron chi connectivity index (χ4n) is 1.63. The van der Waals surface area contributed by atoms with Crippen LogP contribution in [0.25, 0.3) is 0 Å². The highest BCUT2D eigenvalue weighted by Crippen LogP contribution is 2.23. The lowest BCUT2D eigenvalue weighted by Crippen LogP contribution is -2.49. The lowest BCUT2D eigenvalue weighted by Gasteiger charge is -2.30. The van der Waals surface area contributed by atoms with Crippen LogP contribution in [0.3, 0.4) is 0 Å². The van der Waals surface area contributed by atoms with Gasteiger partial charge in [-0.25, -0.2) is 0 Å². The highest BCUT2D eigenvalue weighted by Gasteiger charge is 2.28. The van der Waals surface area contributed by atoms with Crippen LogP contribution in [0.15, 0.2) is 22.7 Å². The molecule has 0 heterocycles. The standard InChI is InChI=1S/C13H16BrCl2NO/c1-3-13(4-2,8-15)17-12(18)10-6-5-9(16)7-11(10)14/h5-7H,3-4,8H2,1-2H3,(H,17,18). The summed E-state index contributed by atoms with van der Waals surface area (Å²) in [6, 6.07) is 5.10. The summed E-state index contributed by atoms with van der Waals surface area (Å²) in [5.41, 5.74) is 0.216. The zero-order chi connectivity index (χ0) is 13.8. The molecule has 2 nitrogen and oxygen atoms in total. The van der Waals surface area contributed by atoms with E-state index in [0.717, 1.165) is 12.8 Å². The van der Waals surface area contributed by atoms with E-state index in [1.165, 1.54) is 0 Å². The maximum atomic E-state index is 12.2. The molecule has 0 aliphatic carbocycles. The zero-order valence-corrected chi connectivity index (χ0v) is 13.5. The molecule has 0 fully saturated rings. The summed E-state index contributed by atoms with van der Waals surface area (Å²) in [6.45, 7) is 4.03. The van der Waals surface area contributed by atoms with Crippen molar-refractivity contribution in [1.82, 2.24) is 5.32 Å². The van der Waals surface area contributed by atoms with Gasteiger partial charge in [-0.1, -0.05) is 25.4 Å². The van der Waals surface area contributed by atoms with Gasteiger partial charge in [-0.15, -0.1) is 11.6 Å². The van der Waals surface area contributed by atoms with Gasteiger partial charge in [0.05, 0.1) is 11.1 Å². The molecule has 5 heteroatoms. The second-order valence-corrected chi connectivity index (χ2v) is 5.76. The van der Waals surface area contributed by atoms with E-state index in [4.69, 9.17) is 23.2 Å². The van der Waals surface area contributed by atoms with Crippen molar-refractivity contribution in [2.45, 2.75) is 32.2 Å². The normalized spacial score (nSPS) is 11.4. The molecule has 0 aliphatic heterocycles. The fourth-order valence-corrected chi connectivity index (χ4v) is 2.94. The van der Waals surface area contributed by atoms with E-state index in [9.17, 15) is 4.79 Å². The van der Waals surface area contributed by atoms with Gasteiger partial charge >= 0.3 is 0 Å². The van der Waals surface area contributed by atoms with Crippen molar-refractivity contribution in [1.29, 1.82) is 0 Å². The Morgan fingerprint density at radius 2 is 2.00 bits per heavy atom. The first-order chi connectivity index (χ1) is 8.48. The van der Waals surface area contributed by atoms with E-state index in [2.05, 4.69) is 21.2 Å².